The van der Waals surface area contributed by atoms with Gasteiger partial charge < -0.3 is 19.9 Å². The van der Waals surface area contributed by atoms with E-state index in [4.69, 9.17) is 9.47 Å². The molecule has 0 aromatic heterocycles. The lowest BCUT2D eigenvalue weighted by atomic mass is 10.2. The molecular weight excluding hydrogens is 220 g/mol. The number of nitrogens with one attached hydrogen (secondary N) is 1. The van der Waals surface area contributed by atoms with Crippen molar-refractivity contribution in [3.63, 3.8) is 0 Å². The van der Waals surface area contributed by atoms with E-state index in [-0.39, 0.29) is 18.3 Å². The molecule has 0 radical (unpaired) electrons. The van der Waals surface area contributed by atoms with Crippen LogP contribution in [0.2, 0.25) is 0 Å². The first-order chi connectivity index (χ1) is 8.11. The lowest BCUT2D eigenvalue weighted by Crippen LogP contribution is -2.49. The van der Waals surface area contributed by atoms with Crippen molar-refractivity contribution in [2.24, 2.45) is 0 Å². The predicted octanol–water partition coefficient (Wildman–Crippen LogP) is -0.307. The van der Waals surface area contributed by atoms with Crippen molar-refractivity contribution in [2.75, 3.05) is 46.4 Å². The highest BCUT2D eigenvalue weighted by atomic mass is 16.5. The van der Waals surface area contributed by atoms with Crippen LogP contribution in [-0.4, -0.2) is 74.8 Å². The van der Waals surface area contributed by atoms with Gasteiger partial charge in [0.25, 0.3) is 0 Å². The summed E-state index contributed by atoms with van der Waals surface area (Å²) in [4.78, 5) is 2.27. The summed E-state index contributed by atoms with van der Waals surface area (Å²) in [5.41, 5.74) is 0. The van der Waals surface area contributed by atoms with Gasteiger partial charge in [0, 0.05) is 39.8 Å². The molecule has 2 N–H and O–H groups in total. The highest BCUT2D eigenvalue weighted by molar-refractivity contribution is 4.76. The van der Waals surface area contributed by atoms with Gasteiger partial charge in [-0.25, -0.2) is 0 Å². The second-order valence-corrected chi connectivity index (χ2v) is 4.83. The maximum atomic E-state index is 9.89. The molecule has 1 fully saturated rings. The summed E-state index contributed by atoms with van der Waals surface area (Å²) in [5.74, 6) is 0. The molecule has 0 aliphatic carbocycles. The zero-order valence-electron chi connectivity index (χ0n) is 11.2. The quantitative estimate of drug-likeness (QED) is 0.604. The molecule has 0 amide bonds. The van der Waals surface area contributed by atoms with Gasteiger partial charge in [0.15, 0.2) is 0 Å². The van der Waals surface area contributed by atoms with E-state index >= 15 is 0 Å². The Labute approximate surface area is 104 Å². The van der Waals surface area contributed by atoms with E-state index in [1.165, 1.54) is 0 Å². The molecule has 1 heterocycles. The van der Waals surface area contributed by atoms with E-state index in [9.17, 15) is 5.11 Å². The number of hydrogen-bond donors (Lipinski definition) is 2. The molecule has 0 saturated carbocycles. The smallest absolute Gasteiger partial charge is 0.0791 e. The Kier molecular flexibility index (Phi) is 6.99. The van der Waals surface area contributed by atoms with Crippen LogP contribution in [-0.2, 0) is 9.47 Å². The first kappa shape index (κ1) is 14.9. The van der Waals surface area contributed by atoms with Crippen LogP contribution in [0.3, 0.4) is 0 Å². The summed E-state index contributed by atoms with van der Waals surface area (Å²) in [6.07, 6.45) is 0.184. The maximum Gasteiger partial charge on any atom is 0.0791 e. The Hall–Kier alpha value is -0.200. The average Bonchev–Trinajstić information content (AvgIpc) is 2.23. The van der Waals surface area contributed by atoms with Crippen molar-refractivity contribution in [1.29, 1.82) is 0 Å². The fraction of sp³-hybridized carbons (Fsp3) is 1.00. The maximum absolute atomic E-state index is 9.89. The van der Waals surface area contributed by atoms with E-state index in [1.54, 1.807) is 7.11 Å². The van der Waals surface area contributed by atoms with Gasteiger partial charge in [-0.1, -0.05) is 0 Å². The molecule has 102 valence electrons. The zero-order chi connectivity index (χ0) is 12.7. The summed E-state index contributed by atoms with van der Waals surface area (Å²) in [5, 5.41) is 13.1. The van der Waals surface area contributed by atoms with Gasteiger partial charge in [-0.2, -0.15) is 0 Å². The van der Waals surface area contributed by atoms with Crippen molar-refractivity contribution >= 4 is 0 Å². The number of β-amino-alcohol motifs (C(OH)–C–C–N with tert-alkyl or cyclic N) is 1. The number of rotatable bonds is 7. The first-order valence-corrected chi connectivity index (χ1v) is 6.37. The minimum Gasteiger partial charge on any atom is -0.390 e. The fourth-order valence-electron chi connectivity index (χ4n) is 2.24. The van der Waals surface area contributed by atoms with E-state index < -0.39 is 0 Å². The largest absolute Gasteiger partial charge is 0.390 e. The van der Waals surface area contributed by atoms with Gasteiger partial charge in [-0.3, -0.25) is 4.90 Å². The van der Waals surface area contributed by atoms with Crippen LogP contribution in [0.1, 0.15) is 13.8 Å². The zero-order valence-corrected chi connectivity index (χ0v) is 11.2. The number of aliphatic hydroxyl groups is 1. The standard InChI is InChI=1S/C12H26N2O3/c1-10-7-14(8-11(2)17-10)9-12(15)6-13-4-5-16-3/h10-13,15H,4-9H2,1-3H3/t10-,11+,12?. The van der Waals surface area contributed by atoms with Gasteiger partial charge in [0.05, 0.1) is 24.9 Å². The minimum absolute atomic E-state index is 0.257. The number of aliphatic hydroxyl groups excluding tert-OH is 1. The van der Waals surface area contributed by atoms with Crippen LogP contribution in [0.4, 0.5) is 0 Å². The number of morpholine rings is 1. The highest BCUT2D eigenvalue weighted by Gasteiger charge is 2.23. The Balaban J connectivity index is 2.14. The van der Waals surface area contributed by atoms with Crippen molar-refractivity contribution in [3.8, 4) is 0 Å². The molecule has 0 aromatic rings. The van der Waals surface area contributed by atoms with Crippen molar-refractivity contribution in [3.05, 3.63) is 0 Å². The van der Waals surface area contributed by atoms with Crippen LogP contribution in [0, 0.1) is 0 Å². The molecule has 1 saturated heterocycles. The molecule has 17 heavy (non-hydrogen) atoms. The summed E-state index contributed by atoms with van der Waals surface area (Å²) in [6.45, 7) is 8.74. The Morgan fingerprint density at radius 2 is 2.06 bits per heavy atom. The molecule has 1 aliphatic heterocycles. The summed E-state index contributed by atoms with van der Waals surface area (Å²) in [7, 11) is 1.68. The summed E-state index contributed by atoms with van der Waals surface area (Å²) in [6, 6.07) is 0. The Morgan fingerprint density at radius 1 is 1.41 bits per heavy atom. The third-order valence-electron chi connectivity index (χ3n) is 2.83. The number of nitrogens with zero attached hydrogens (tertiary/aromatic N) is 1. The SMILES string of the molecule is COCCNCC(O)CN1C[C@@H](C)O[C@@H](C)C1. The number of hydrogen-bond acceptors (Lipinski definition) is 5. The predicted molar refractivity (Wildman–Crippen MR) is 67.2 cm³/mol. The van der Waals surface area contributed by atoms with E-state index in [0.29, 0.717) is 19.7 Å². The van der Waals surface area contributed by atoms with Crippen molar-refractivity contribution < 1.29 is 14.6 Å². The summed E-state index contributed by atoms with van der Waals surface area (Å²) < 4.78 is 10.6. The molecule has 1 rings (SSSR count). The molecule has 0 aromatic carbocycles. The van der Waals surface area contributed by atoms with Crippen molar-refractivity contribution in [2.45, 2.75) is 32.2 Å². The first-order valence-electron chi connectivity index (χ1n) is 6.37. The van der Waals surface area contributed by atoms with Gasteiger partial charge in [0.2, 0.25) is 0 Å². The lowest BCUT2D eigenvalue weighted by molar-refractivity contribution is -0.0762. The van der Waals surface area contributed by atoms with Crippen molar-refractivity contribution in [1.82, 2.24) is 10.2 Å². The van der Waals surface area contributed by atoms with E-state index in [1.807, 2.05) is 0 Å². The molecule has 5 nitrogen and oxygen atoms in total. The molecule has 0 spiro atoms. The van der Waals surface area contributed by atoms with Crippen LogP contribution < -0.4 is 5.32 Å². The Morgan fingerprint density at radius 3 is 2.65 bits per heavy atom. The second kappa shape index (κ2) is 8.00. The molecule has 5 heteroatoms. The number of methoxy groups -OCH3 is 1. The molecule has 1 aliphatic rings. The molecular formula is C12H26N2O3. The highest BCUT2D eigenvalue weighted by Crippen LogP contribution is 2.10. The van der Waals surface area contributed by atoms with E-state index in [2.05, 4.69) is 24.1 Å². The molecule has 1 unspecified atom stereocenters. The lowest BCUT2D eigenvalue weighted by Gasteiger charge is -2.36. The second-order valence-electron chi connectivity index (χ2n) is 4.83. The topological polar surface area (TPSA) is 54.0 Å². The van der Waals surface area contributed by atoms with Crippen LogP contribution in [0.25, 0.3) is 0 Å². The van der Waals surface area contributed by atoms with Gasteiger partial charge in [0.1, 0.15) is 0 Å². The average molecular weight is 246 g/mol. The van der Waals surface area contributed by atoms with E-state index in [0.717, 1.165) is 19.6 Å². The monoisotopic (exact) mass is 246 g/mol. The van der Waals surface area contributed by atoms with Crippen LogP contribution >= 0.6 is 0 Å². The van der Waals surface area contributed by atoms with Gasteiger partial charge >= 0.3 is 0 Å². The van der Waals surface area contributed by atoms with Gasteiger partial charge in [-0.05, 0) is 13.8 Å². The minimum atomic E-state index is -0.329. The molecule has 0 bridgehead atoms. The molecule has 3 atom stereocenters. The van der Waals surface area contributed by atoms with Gasteiger partial charge in [-0.15, -0.1) is 0 Å². The fourth-order valence-corrected chi connectivity index (χ4v) is 2.24. The van der Waals surface area contributed by atoms with Crippen LogP contribution in [0.5, 0.6) is 0 Å². The number of ether oxygens (including phenoxy) is 2. The summed E-state index contributed by atoms with van der Waals surface area (Å²) >= 11 is 0. The third kappa shape index (κ3) is 6.33. The van der Waals surface area contributed by atoms with Crippen LogP contribution in [0.15, 0.2) is 0 Å². The normalized spacial score (nSPS) is 28.2. The third-order valence-corrected chi connectivity index (χ3v) is 2.83. The Bertz CT molecular complexity index is 194.